The van der Waals surface area contributed by atoms with E-state index in [4.69, 9.17) is 11.6 Å². The van der Waals surface area contributed by atoms with Crippen molar-refractivity contribution in [3.05, 3.63) is 66.4 Å². The first-order valence-electron chi connectivity index (χ1n) is 7.04. The monoisotopic (exact) mass is 347 g/mol. The number of aromatic nitrogens is 2. The fourth-order valence-corrected chi connectivity index (χ4v) is 2.25. The molecule has 0 aliphatic heterocycles. The Labute approximate surface area is 141 Å². The van der Waals surface area contributed by atoms with Gasteiger partial charge in [0.25, 0.3) is 0 Å². The van der Waals surface area contributed by atoms with Crippen molar-refractivity contribution >= 4 is 23.5 Å². The molecule has 122 valence electrons. The molecular formula is C17H12ClF2N3O. The Morgan fingerprint density at radius 2 is 1.62 bits per heavy atom. The molecule has 0 radical (unpaired) electrons. The highest BCUT2D eigenvalue weighted by atomic mass is 35.5. The van der Waals surface area contributed by atoms with Gasteiger partial charge in [-0.25, -0.2) is 13.8 Å². The number of amides is 1. The summed E-state index contributed by atoms with van der Waals surface area (Å²) < 4.78 is 27.8. The molecule has 2 aromatic carbocycles. The van der Waals surface area contributed by atoms with Gasteiger partial charge in [0.05, 0.1) is 5.69 Å². The summed E-state index contributed by atoms with van der Waals surface area (Å²) in [5.41, 5.74) is 1.82. The van der Waals surface area contributed by atoms with Gasteiger partial charge in [-0.15, -0.1) is 11.6 Å². The number of carbonyl (C=O) groups excluding carboxylic acids is 1. The lowest BCUT2D eigenvalue weighted by Gasteiger charge is -2.07. The van der Waals surface area contributed by atoms with Crippen LogP contribution in [-0.4, -0.2) is 21.3 Å². The summed E-state index contributed by atoms with van der Waals surface area (Å²) >= 11 is 5.52. The third-order valence-corrected chi connectivity index (χ3v) is 3.57. The highest BCUT2D eigenvalue weighted by molar-refractivity contribution is 6.28. The number of alkyl halides is 1. The highest BCUT2D eigenvalue weighted by Crippen LogP contribution is 2.24. The lowest BCUT2D eigenvalue weighted by Crippen LogP contribution is -2.16. The maximum absolute atomic E-state index is 13.1. The molecule has 24 heavy (non-hydrogen) atoms. The lowest BCUT2D eigenvalue weighted by atomic mass is 10.2. The molecule has 0 aliphatic carbocycles. The molecule has 3 aromatic rings. The van der Waals surface area contributed by atoms with Crippen LogP contribution in [0.4, 0.5) is 14.7 Å². The fraction of sp³-hybridized carbons (Fsp3) is 0.0588. The average Bonchev–Trinajstić information content (AvgIpc) is 3.00. The first kappa shape index (κ1) is 16.1. The molecule has 1 amide bonds. The lowest BCUT2D eigenvalue weighted by molar-refractivity contribution is -0.114. The molecular weight excluding hydrogens is 336 g/mol. The van der Waals surface area contributed by atoms with Crippen LogP contribution in [0.5, 0.6) is 0 Å². The summed E-state index contributed by atoms with van der Waals surface area (Å²) in [7, 11) is 0. The quantitative estimate of drug-likeness (QED) is 0.725. The summed E-state index contributed by atoms with van der Waals surface area (Å²) in [6.45, 7) is 0. The normalized spacial score (nSPS) is 10.6. The molecule has 4 nitrogen and oxygen atoms in total. The second-order valence-electron chi connectivity index (χ2n) is 4.98. The van der Waals surface area contributed by atoms with Gasteiger partial charge in [-0.2, -0.15) is 0 Å². The molecule has 0 saturated heterocycles. The summed E-state index contributed by atoms with van der Waals surface area (Å²) in [6.07, 6.45) is 1.67. The maximum atomic E-state index is 13.1. The van der Waals surface area contributed by atoms with Crippen molar-refractivity contribution < 1.29 is 13.6 Å². The van der Waals surface area contributed by atoms with Gasteiger partial charge in [-0.1, -0.05) is 0 Å². The van der Waals surface area contributed by atoms with Gasteiger partial charge in [0, 0.05) is 17.4 Å². The molecule has 3 rings (SSSR count). The third-order valence-electron chi connectivity index (χ3n) is 3.32. The van der Waals surface area contributed by atoms with Crippen LogP contribution in [0, 0.1) is 11.6 Å². The van der Waals surface area contributed by atoms with Crippen LogP contribution in [-0.2, 0) is 4.79 Å². The predicted octanol–water partition coefficient (Wildman–Crippen LogP) is 3.99. The van der Waals surface area contributed by atoms with Crippen LogP contribution < -0.4 is 5.32 Å². The molecule has 0 saturated carbocycles. The van der Waals surface area contributed by atoms with E-state index in [1.165, 1.54) is 24.3 Å². The van der Waals surface area contributed by atoms with E-state index in [9.17, 15) is 13.6 Å². The van der Waals surface area contributed by atoms with Crippen LogP contribution >= 0.6 is 11.6 Å². The smallest absolute Gasteiger partial charge is 0.241 e. The number of imidazole rings is 1. The number of rotatable bonds is 4. The standard InChI is InChI=1S/C17H12ClF2N3O/c18-9-16(24)22-17-21-15(11-1-3-12(19)4-2-11)10-23(17)14-7-5-13(20)6-8-14/h1-8,10H,9H2,(H,21,22,24). The molecule has 0 spiro atoms. The molecule has 1 aromatic heterocycles. The molecule has 1 N–H and O–H groups in total. The van der Waals surface area contributed by atoms with Crippen molar-refractivity contribution in [1.82, 2.24) is 9.55 Å². The van der Waals surface area contributed by atoms with Gasteiger partial charge in [0.1, 0.15) is 17.5 Å². The molecule has 7 heteroatoms. The van der Waals surface area contributed by atoms with Gasteiger partial charge in [-0.3, -0.25) is 14.7 Å². The van der Waals surface area contributed by atoms with Gasteiger partial charge < -0.3 is 0 Å². The molecule has 0 atom stereocenters. The van der Waals surface area contributed by atoms with Crippen molar-refractivity contribution in [2.45, 2.75) is 0 Å². The summed E-state index contributed by atoms with van der Waals surface area (Å²) in [5.74, 6) is -1.12. The zero-order valence-corrected chi connectivity index (χ0v) is 13.1. The zero-order chi connectivity index (χ0) is 17.1. The number of halogens is 3. The molecule has 0 bridgehead atoms. The van der Waals surface area contributed by atoms with Crippen LogP contribution in [0.15, 0.2) is 54.7 Å². The Bertz CT molecular complexity index is 861. The number of hydrogen-bond donors (Lipinski definition) is 1. The SMILES string of the molecule is O=C(CCl)Nc1nc(-c2ccc(F)cc2)cn1-c1ccc(F)cc1. The summed E-state index contributed by atoms with van der Waals surface area (Å²) in [6, 6.07) is 11.5. The van der Waals surface area contributed by atoms with Crippen molar-refractivity contribution in [3.63, 3.8) is 0 Å². The van der Waals surface area contributed by atoms with E-state index in [1.54, 1.807) is 35.0 Å². The zero-order valence-electron chi connectivity index (χ0n) is 12.3. The summed E-state index contributed by atoms with van der Waals surface area (Å²) in [5, 5.41) is 2.59. The van der Waals surface area contributed by atoms with Crippen molar-refractivity contribution in [1.29, 1.82) is 0 Å². The van der Waals surface area contributed by atoms with Gasteiger partial charge >= 0.3 is 0 Å². The number of benzene rings is 2. The van der Waals surface area contributed by atoms with Crippen LogP contribution in [0.1, 0.15) is 0 Å². The van der Waals surface area contributed by atoms with Crippen molar-refractivity contribution in [2.75, 3.05) is 11.2 Å². The van der Waals surface area contributed by atoms with E-state index in [-0.39, 0.29) is 23.5 Å². The Hall–Kier alpha value is -2.73. The van der Waals surface area contributed by atoms with Crippen LogP contribution in [0.3, 0.4) is 0 Å². The minimum absolute atomic E-state index is 0.220. The van der Waals surface area contributed by atoms with E-state index < -0.39 is 5.91 Å². The largest absolute Gasteiger partial charge is 0.295 e. The second-order valence-corrected chi connectivity index (χ2v) is 5.25. The Morgan fingerprint density at radius 1 is 1.04 bits per heavy atom. The average molecular weight is 348 g/mol. The topological polar surface area (TPSA) is 46.9 Å². The first-order valence-corrected chi connectivity index (χ1v) is 7.57. The third kappa shape index (κ3) is 3.44. The van der Waals surface area contributed by atoms with E-state index in [0.717, 1.165) is 0 Å². The van der Waals surface area contributed by atoms with Gasteiger partial charge in [0.2, 0.25) is 11.9 Å². The number of hydrogen-bond acceptors (Lipinski definition) is 2. The van der Waals surface area contributed by atoms with E-state index >= 15 is 0 Å². The fourth-order valence-electron chi connectivity index (χ4n) is 2.18. The van der Waals surface area contributed by atoms with Crippen molar-refractivity contribution in [2.24, 2.45) is 0 Å². The number of nitrogens with zero attached hydrogens (tertiary/aromatic N) is 2. The number of carbonyl (C=O) groups is 1. The van der Waals surface area contributed by atoms with Crippen LogP contribution in [0.25, 0.3) is 16.9 Å². The molecule has 1 heterocycles. The van der Waals surface area contributed by atoms with E-state index in [0.29, 0.717) is 16.9 Å². The molecule has 0 aliphatic rings. The van der Waals surface area contributed by atoms with Gasteiger partial charge in [0.15, 0.2) is 0 Å². The minimum Gasteiger partial charge on any atom is -0.295 e. The number of nitrogens with one attached hydrogen (secondary N) is 1. The number of anilines is 1. The van der Waals surface area contributed by atoms with Gasteiger partial charge in [-0.05, 0) is 48.5 Å². The minimum atomic E-state index is -0.420. The first-order chi connectivity index (χ1) is 11.6. The Morgan fingerprint density at radius 3 is 2.21 bits per heavy atom. The van der Waals surface area contributed by atoms with Crippen LogP contribution in [0.2, 0.25) is 0 Å². The predicted molar refractivity (Wildman–Crippen MR) is 88.3 cm³/mol. The highest BCUT2D eigenvalue weighted by Gasteiger charge is 2.13. The Balaban J connectivity index is 2.06. The second kappa shape index (κ2) is 6.80. The summed E-state index contributed by atoms with van der Waals surface area (Å²) in [4.78, 5) is 16.0. The Kier molecular flexibility index (Phi) is 4.57. The molecule has 0 unspecified atom stereocenters. The van der Waals surface area contributed by atoms with Crippen molar-refractivity contribution in [3.8, 4) is 16.9 Å². The van der Waals surface area contributed by atoms with E-state index in [2.05, 4.69) is 10.3 Å². The molecule has 0 fully saturated rings. The maximum Gasteiger partial charge on any atom is 0.241 e. The van der Waals surface area contributed by atoms with E-state index in [1.807, 2.05) is 0 Å².